The van der Waals surface area contributed by atoms with Gasteiger partial charge in [-0.2, -0.15) is 0 Å². The van der Waals surface area contributed by atoms with Crippen LogP contribution in [0, 0.1) is 23.7 Å². The van der Waals surface area contributed by atoms with E-state index in [2.05, 4.69) is 12.2 Å². The molecule has 0 radical (unpaired) electrons. The minimum Gasteiger partial charge on any atom is -0.444 e. The zero-order chi connectivity index (χ0) is 19.5. The Hall–Kier alpha value is -1.26. The molecule has 1 saturated heterocycles. The van der Waals surface area contributed by atoms with Crippen molar-refractivity contribution in [1.82, 2.24) is 10.2 Å². The molecule has 0 spiro atoms. The summed E-state index contributed by atoms with van der Waals surface area (Å²) >= 11 is 0. The quantitative estimate of drug-likeness (QED) is 0.811. The normalized spacial score (nSPS) is 27.7. The van der Waals surface area contributed by atoms with Gasteiger partial charge in [0.2, 0.25) is 5.91 Å². The zero-order valence-electron chi connectivity index (χ0n) is 17.5. The molecule has 0 aromatic carbocycles. The van der Waals surface area contributed by atoms with E-state index in [0.29, 0.717) is 11.8 Å². The molecule has 2 aliphatic rings. The number of amides is 2. The second-order valence-electron chi connectivity index (χ2n) is 9.49. The van der Waals surface area contributed by atoms with Crippen LogP contribution >= 0.6 is 0 Å². The Morgan fingerprint density at radius 1 is 1.15 bits per heavy atom. The van der Waals surface area contributed by atoms with Crippen LogP contribution in [-0.2, 0) is 9.53 Å². The molecule has 5 heteroatoms. The third-order valence-corrected chi connectivity index (χ3v) is 5.92. The van der Waals surface area contributed by atoms with Gasteiger partial charge in [0, 0.05) is 13.1 Å². The molecule has 2 rings (SSSR count). The van der Waals surface area contributed by atoms with E-state index in [0.717, 1.165) is 25.4 Å². The van der Waals surface area contributed by atoms with E-state index < -0.39 is 17.7 Å². The number of ether oxygens (including phenoxy) is 1. The number of fused-ring (bicyclic) bond motifs is 1. The van der Waals surface area contributed by atoms with E-state index in [1.807, 2.05) is 39.5 Å². The lowest BCUT2D eigenvalue weighted by Crippen LogP contribution is -2.57. The monoisotopic (exact) mass is 366 g/mol. The Morgan fingerprint density at radius 3 is 2.38 bits per heavy atom. The molecule has 4 atom stereocenters. The Balaban J connectivity index is 2.06. The second kappa shape index (κ2) is 8.62. The number of piperidine rings is 1. The van der Waals surface area contributed by atoms with E-state index in [1.165, 1.54) is 25.7 Å². The maximum Gasteiger partial charge on any atom is 0.408 e. The second-order valence-corrected chi connectivity index (χ2v) is 9.49. The third-order valence-electron chi connectivity index (χ3n) is 5.92. The van der Waals surface area contributed by atoms with E-state index in [1.54, 1.807) is 0 Å². The molecule has 2 amide bonds. The van der Waals surface area contributed by atoms with E-state index in [9.17, 15) is 9.59 Å². The zero-order valence-corrected chi connectivity index (χ0v) is 17.5. The summed E-state index contributed by atoms with van der Waals surface area (Å²) in [4.78, 5) is 27.5. The molecule has 2 fully saturated rings. The van der Waals surface area contributed by atoms with Crippen molar-refractivity contribution in [2.24, 2.45) is 23.7 Å². The molecule has 1 aliphatic carbocycles. The lowest BCUT2D eigenvalue weighted by Gasteiger charge is -2.47. The van der Waals surface area contributed by atoms with Crippen LogP contribution < -0.4 is 5.32 Å². The van der Waals surface area contributed by atoms with Gasteiger partial charge in [-0.25, -0.2) is 4.79 Å². The van der Waals surface area contributed by atoms with E-state index in [4.69, 9.17) is 4.74 Å². The molecule has 1 aliphatic heterocycles. The van der Waals surface area contributed by atoms with Gasteiger partial charge < -0.3 is 15.0 Å². The molecular formula is C21H38N2O3. The number of nitrogens with one attached hydrogen (secondary N) is 1. The number of hydrogen-bond acceptors (Lipinski definition) is 3. The van der Waals surface area contributed by atoms with Crippen LogP contribution in [0.3, 0.4) is 0 Å². The van der Waals surface area contributed by atoms with Crippen LogP contribution in [-0.4, -0.2) is 41.6 Å². The van der Waals surface area contributed by atoms with Crippen molar-refractivity contribution in [3.05, 3.63) is 0 Å². The maximum absolute atomic E-state index is 13.2. The van der Waals surface area contributed by atoms with Gasteiger partial charge in [-0.1, -0.05) is 40.0 Å². The van der Waals surface area contributed by atoms with Crippen LogP contribution in [0.1, 0.15) is 73.6 Å². The molecule has 1 heterocycles. The maximum atomic E-state index is 13.2. The summed E-state index contributed by atoms with van der Waals surface area (Å²) in [6.07, 6.45) is 5.77. The van der Waals surface area contributed by atoms with Crippen molar-refractivity contribution in [2.75, 3.05) is 13.1 Å². The summed E-state index contributed by atoms with van der Waals surface area (Å²) in [6.45, 7) is 13.4. The minimum absolute atomic E-state index is 0.0270. The largest absolute Gasteiger partial charge is 0.444 e. The van der Waals surface area contributed by atoms with E-state index >= 15 is 0 Å². The molecule has 0 unspecified atom stereocenters. The number of carbonyl (C=O) groups excluding carboxylic acids is 2. The number of alkyl carbamates (subject to hydrolysis) is 1. The third kappa shape index (κ3) is 5.37. The Kier molecular flexibility index (Phi) is 6.98. The van der Waals surface area contributed by atoms with Crippen molar-refractivity contribution in [1.29, 1.82) is 0 Å². The first kappa shape index (κ1) is 21.0. The summed E-state index contributed by atoms with van der Waals surface area (Å²) in [5.74, 6) is 2.06. The van der Waals surface area contributed by atoms with E-state index in [-0.39, 0.29) is 11.8 Å². The van der Waals surface area contributed by atoms with Crippen LogP contribution in [0.2, 0.25) is 0 Å². The van der Waals surface area contributed by atoms with Gasteiger partial charge in [-0.3, -0.25) is 4.79 Å². The van der Waals surface area contributed by atoms with Crippen molar-refractivity contribution in [2.45, 2.75) is 85.3 Å². The first-order chi connectivity index (χ1) is 12.1. The Labute approximate surface area is 159 Å². The summed E-state index contributed by atoms with van der Waals surface area (Å²) < 4.78 is 5.36. The fourth-order valence-corrected chi connectivity index (χ4v) is 4.62. The van der Waals surface area contributed by atoms with Gasteiger partial charge >= 0.3 is 6.09 Å². The summed E-state index contributed by atoms with van der Waals surface area (Å²) in [5.41, 5.74) is -0.567. The predicted octanol–water partition coefficient (Wildman–Crippen LogP) is 4.21. The first-order valence-electron chi connectivity index (χ1n) is 10.4. The molecule has 5 nitrogen and oxygen atoms in total. The topological polar surface area (TPSA) is 58.6 Å². The number of hydrogen-bond donors (Lipinski definition) is 1. The van der Waals surface area contributed by atoms with Gasteiger partial charge in [-0.15, -0.1) is 0 Å². The highest BCUT2D eigenvalue weighted by Crippen LogP contribution is 2.40. The lowest BCUT2D eigenvalue weighted by molar-refractivity contribution is -0.139. The molecule has 1 saturated carbocycles. The Bertz CT molecular complexity index is 490. The van der Waals surface area contributed by atoms with Gasteiger partial charge in [-0.05, 0) is 57.3 Å². The predicted molar refractivity (Wildman–Crippen MR) is 104 cm³/mol. The lowest BCUT2D eigenvalue weighted by atomic mass is 9.69. The van der Waals surface area contributed by atoms with Crippen LogP contribution in [0.25, 0.3) is 0 Å². The van der Waals surface area contributed by atoms with Crippen molar-refractivity contribution < 1.29 is 14.3 Å². The first-order valence-corrected chi connectivity index (χ1v) is 10.4. The molecule has 1 N–H and O–H groups in total. The fourth-order valence-electron chi connectivity index (χ4n) is 4.62. The number of likely N-dealkylation sites (tertiary alicyclic amines) is 1. The number of nitrogens with zero attached hydrogens (tertiary/aromatic N) is 1. The van der Waals surface area contributed by atoms with Crippen LogP contribution in [0.5, 0.6) is 0 Å². The van der Waals surface area contributed by atoms with Crippen LogP contribution in [0.15, 0.2) is 0 Å². The molecular weight excluding hydrogens is 328 g/mol. The number of rotatable bonds is 4. The van der Waals surface area contributed by atoms with Gasteiger partial charge in [0.05, 0.1) is 0 Å². The van der Waals surface area contributed by atoms with Gasteiger partial charge in [0.15, 0.2) is 0 Å². The highest BCUT2D eigenvalue weighted by Gasteiger charge is 2.41. The average molecular weight is 367 g/mol. The molecule has 0 bridgehead atoms. The average Bonchev–Trinajstić information content (AvgIpc) is 2.56. The van der Waals surface area contributed by atoms with Crippen LogP contribution in [0.4, 0.5) is 4.79 Å². The summed E-state index contributed by atoms with van der Waals surface area (Å²) in [5, 5.41) is 2.82. The van der Waals surface area contributed by atoms with Crippen molar-refractivity contribution >= 4 is 12.0 Å². The molecule has 150 valence electrons. The summed E-state index contributed by atoms with van der Waals surface area (Å²) in [6, 6.07) is -0.525. The molecule has 26 heavy (non-hydrogen) atoms. The van der Waals surface area contributed by atoms with Crippen molar-refractivity contribution in [3.63, 3.8) is 0 Å². The smallest absolute Gasteiger partial charge is 0.408 e. The van der Waals surface area contributed by atoms with Crippen molar-refractivity contribution in [3.8, 4) is 0 Å². The van der Waals surface area contributed by atoms with Gasteiger partial charge in [0.1, 0.15) is 11.6 Å². The number of carbonyl (C=O) groups is 2. The standard InChI is InChI=1S/C21H38N2O3/c1-7-15-12-23(13-16-10-8-9-11-17(15)16)19(24)18(14(2)3)22-20(25)26-21(4,5)6/h14-18H,7-13H2,1-6H3,(H,22,25)/t15-,16+,17-,18-/m0/s1. The SMILES string of the molecule is CC[C@H]1CN(C(=O)[C@@H](NC(=O)OC(C)(C)C)C(C)C)C[C@H]2CCCC[C@H]21. The molecule has 0 aromatic rings. The highest BCUT2D eigenvalue weighted by molar-refractivity contribution is 5.86. The molecule has 0 aromatic heterocycles. The Morgan fingerprint density at radius 2 is 1.81 bits per heavy atom. The fraction of sp³-hybridized carbons (Fsp3) is 0.905. The summed E-state index contributed by atoms with van der Waals surface area (Å²) in [7, 11) is 0. The minimum atomic E-state index is -0.567. The van der Waals surface area contributed by atoms with Gasteiger partial charge in [0.25, 0.3) is 0 Å². The highest BCUT2D eigenvalue weighted by atomic mass is 16.6.